The number of aromatic nitrogens is 1. The largest absolute Gasteiger partial charge is 0.353 e. The van der Waals surface area contributed by atoms with Crippen molar-refractivity contribution in [3.05, 3.63) is 47.1 Å². The summed E-state index contributed by atoms with van der Waals surface area (Å²) >= 11 is 5.92. The monoisotopic (exact) mass is 260 g/mol. The molecule has 0 aliphatic rings. The summed E-state index contributed by atoms with van der Waals surface area (Å²) in [5.41, 5.74) is 1.55. The first-order valence-electron chi connectivity index (χ1n) is 5.71. The van der Waals surface area contributed by atoms with E-state index in [2.05, 4.69) is 10.3 Å². The molecular weight excluding hydrogens is 248 g/mol. The molecule has 0 spiro atoms. The summed E-state index contributed by atoms with van der Waals surface area (Å²) in [5.74, 6) is -0.120. The number of nitrogens with zero attached hydrogens (tertiary/aromatic N) is 1. The SMILES string of the molecule is CCNC(=O)/C=C/c1ccc2ccc(Cl)cc2n1. The number of carbonyl (C=O) groups excluding carboxylic acids is 1. The van der Waals surface area contributed by atoms with E-state index in [1.54, 1.807) is 12.1 Å². The maximum atomic E-state index is 11.3. The van der Waals surface area contributed by atoms with E-state index >= 15 is 0 Å². The second-order valence-electron chi connectivity index (χ2n) is 3.80. The molecule has 0 aliphatic heterocycles. The lowest BCUT2D eigenvalue weighted by molar-refractivity contribution is -0.116. The summed E-state index contributed by atoms with van der Waals surface area (Å²) in [6.07, 6.45) is 3.16. The number of pyridine rings is 1. The Bertz CT molecular complexity index is 608. The van der Waals surface area contributed by atoms with E-state index < -0.39 is 0 Å². The quantitative estimate of drug-likeness (QED) is 0.862. The lowest BCUT2D eigenvalue weighted by Gasteiger charge is -2.00. The van der Waals surface area contributed by atoms with Crippen LogP contribution in [0.2, 0.25) is 5.02 Å². The van der Waals surface area contributed by atoms with Crippen molar-refractivity contribution in [2.45, 2.75) is 6.92 Å². The molecule has 1 amide bonds. The van der Waals surface area contributed by atoms with Crippen LogP contribution in [0.1, 0.15) is 12.6 Å². The molecule has 0 aliphatic carbocycles. The fourth-order valence-corrected chi connectivity index (χ4v) is 1.76. The van der Waals surface area contributed by atoms with E-state index in [4.69, 9.17) is 11.6 Å². The summed E-state index contributed by atoms with van der Waals surface area (Å²) < 4.78 is 0. The maximum Gasteiger partial charge on any atom is 0.244 e. The molecule has 1 aromatic heterocycles. The lowest BCUT2D eigenvalue weighted by Crippen LogP contribution is -2.19. The van der Waals surface area contributed by atoms with Crippen LogP contribution in [0.5, 0.6) is 0 Å². The Balaban J connectivity index is 2.27. The topological polar surface area (TPSA) is 42.0 Å². The van der Waals surface area contributed by atoms with Gasteiger partial charge in [0.25, 0.3) is 0 Å². The molecule has 0 bridgehead atoms. The molecule has 92 valence electrons. The highest BCUT2D eigenvalue weighted by atomic mass is 35.5. The number of likely N-dealkylation sites (N-methyl/N-ethyl adjacent to an activating group) is 1. The predicted octanol–water partition coefficient (Wildman–Crippen LogP) is 3.04. The highest BCUT2D eigenvalue weighted by Crippen LogP contribution is 2.18. The molecule has 2 aromatic rings. The maximum absolute atomic E-state index is 11.3. The lowest BCUT2D eigenvalue weighted by atomic mass is 10.2. The number of fused-ring (bicyclic) bond motifs is 1. The molecule has 1 N–H and O–H groups in total. The van der Waals surface area contributed by atoms with Crippen LogP contribution in [0, 0.1) is 0 Å². The van der Waals surface area contributed by atoms with Gasteiger partial charge in [-0.05, 0) is 31.2 Å². The number of rotatable bonds is 3. The first-order valence-corrected chi connectivity index (χ1v) is 6.09. The molecule has 18 heavy (non-hydrogen) atoms. The van der Waals surface area contributed by atoms with Crippen molar-refractivity contribution in [1.82, 2.24) is 10.3 Å². The molecular formula is C14H13ClN2O. The number of amides is 1. The molecule has 4 heteroatoms. The van der Waals surface area contributed by atoms with E-state index in [1.165, 1.54) is 6.08 Å². The third-order valence-electron chi connectivity index (χ3n) is 2.43. The molecule has 1 heterocycles. The number of hydrogen-bond acceptors (Lipinski definition) is 2. The molecule has 3 nitrogen and oxygen atoms in total. The average molecular weight is 261 g/mol. The van der Waals surface area contributed by atoms with Gasteiger partial charge in [-0.15, -0.1) is 0 Å². The Hall–Kier alpha value is -1.87. The van der Waals surface area contributed by atoms with E-state index in [9.17, 15) is 4.79 Å². The van der Waals surface area contributed by atoms with Gasteiger partial charge in [0.05, 0.1) is 11.2 Å². The second-order valence-corrected chi connectivity index (χ2v) is 4.24. The molecule has 0 radical (unpaired) electrons. The summed E-state index contributed by atoms with van der Waals surface area (Å²) in [5, 5.41) is 4.36. The van der Waals surface area contributed by atoms with Gasteiger partial charge in [0.2, 0.25) is 5.91 Å². The third-order valence-corrected chi connectivity index (χ3v) is 2.67. The summed E-state index contributed by atoms with van der Waals surface area (Å²) in [4.78, 5) is 15.7. The minimum absolute atomic E-state index is 0.120. The Kier molecular flexibility index (Phi) is 3.95. The van der Waals surface area contributed by atoms with Crippen molar-refractivity contribution in [2.75, 3.05) is 6.54 Å². The van der Waals surface area contributed by atoms with Crippen LogP contribution in [0.4, 0.5) is 0 Å². The fourth-order valence-electron chi connectivity index (χ4n) is 1.59. The zero-order valence-electron chi connectivity index (χ0n) is 9.98. The van der Waals surface area contributed by atoms with Crippen LogP contribution >= 0.6 is 11.6 Å². The second kappa shape index (κ2) is 5.65. The van der Waals surface area contributed by atoms with E-state index in [-0.39, 0.29) is 5.91 Å². The molecule has 0 unspecified atom stereocenters. The zero-order chi connectivity index (χ0) is 13.0. The number of halogens is 1. The Morgan fingerprint density at radius 2 is 2.17 bits per heavy atom. The standard InChI is InChI=1S/C14H13ClN2O/c1-2-16-14(18)8-7-12-6-4-10-3-5-11(15)9-13(10)17-12/h3-9H,2H2,1H3,(H,16,18)/b8-7+. The van der Waals surface area contributed by atoms with Gasteiger partial charge in [-0.3, -0.25) is 4.79 Å². The van der Waals surface area contributed by atoms with Crippen molar-refractivity contribution in [3.8, 4) is 0 Å². The van der Waals surface area contributed by atoms with Gasteiger partial charge in [-0.1, -0.05) is 23.7 Å². The van der Waals surface area contributed by atoms with Gasteiger partial charge in [-0.2, -0.15) is 0 Å². The smallest absolute Gasteiger partial charge is 0.244 e. The van der Waals surface area contributed by atoms with Gasteiger partial charge in [-0.25, -0.2) is 4.98 Å². The molecule has 0 saturated heterocycles. The van der Waals surface area contributed by atoms with E-state index in [1.807, 2.05) is 31.2 Å². The third kappa shape index (κ3) is 3.08. The highest BCUT2D eigenvalue weighted by molar-refractivity contribution is 6.31. The number of carbonyl (C=O) groups is 1. The van der Waals surface area contributed by atoms with Crippen molar-refractivity contribution in [3.63, 3.8) is 0 Å². The van der Waals surface area contributed by atoms with Crippen LogP contribution in [0.25, 0.3) is 17.0 Å². The summed E-state index contributed by atoms with van der Waals surface area (Å²) in [7, 11) is 0. The molecule has 1 aromatic carbocycles. The van der Waals surface area contributed by atoms with Crippen molar-refractivity contribution >= 4 is 34.5 Å². The Labute approximate surface area is 110 Å². The highest BCUT2D eigenvalue weighted by Gasteiger charge is 1.98. The number of benzene rings is 1. The summed E-state index contributed by atoms with van der Waals surface area (Å²) in [6.45, 7) is 2.49. The van der Waals surface area contributed by atoms with Crippen LogP contribution in [-0.2, 0) is 4.79 Å². The normalized spacial score (nSPS) is 11.0. The van der Waals surface area contributed by atoms with E-state index in [0.717, 1.165) is 16.6 Å². The van der Waals surface area contributed by atoms with Gasteiger partial charge >= 0.3 is 0 Å². The van der Waals surface area contributed by atoms with Crippen LogP contribution in [0.3, 0.4) is 0 Å². The van der Waals surface area contributed by atoms with Crippen molar-refractivity contribution in [2.24, 2.45) is 0 Å². The van der Waals surface area contributed by atoms with Crippen molar-refractivity contribution in [1.29, 1.82) is 0 Å². The summed E-state index contributed by atoms with van der Waals surface area (Å²) in [6, 6.07) is 9.38. The van der Waals surface area contributed by atoms with Gasteiger partial charge in [0.15, 0.2) is 0 Å². The van der Waals surface area contributed by atoms with Crippen LogP contribution in [0.15, 0.2) is 36.4 Å². The minimum atomic E-state index is -0.120. The zero-order valence-corrected chi connectivity index (χ0v) is 10.7. The van der Waals surface area contributed by atoms with Crippen LogP contribution in [-0.4, -0.2) is 17.4 Å². The number of nitrogens with one attached hydrogen (secondary N) is 1. The minimum Gasteiger partial charge on any atom is -0.353 e. The van der Waals surface area contributed by atoms with Crippen molar-refractivity contribution < 1.29 is 4.79 Å². The average Bonchev–Trinajstić information content (AvgIpc) is 2.36. The van der Waals surface area contributed by atoms with E-state index in [0.29, 0.717) is 11.6 Å². The fraction of sp³-hybridized carbons (Fsp3) is 0.143. The number of hydrogen-bond donors (Lipinski definition) is 1. The molecule has 0 fully saturated rings. The molecule has 0 atom stereocenters. The predicted molar refractivity (Wildman–Crippen MR) is 74.5 cm³/mol. The Morgan fingerprint density at radius 3 is 2.94 bits per heavy atom. The first kappa shape index (κ1) is 12.6. The Morgan fingerprint density at radius 1 is 1.39 bits per heavy atom. The van der Waals surface area contributed by atoms with Gasteiger partial charge < -0.3 is 5.32 Å². The van der Waals surface area contributed by atoms with Gasteiger partial charge in [0.1, 0.15) is 0 Å². The first-order chi connectivity index (χ1) is 8.69. The van der Waals surface area contributed by atoms with Crippen LogP contribution < -0.4 is 5.32 Å². The molecule has 2 rings (SSSR count). The molecule has 0 saturated carbocycles. The van der Waals surface area contributed by atoms with Gasteiger partial charge in [0, 0.05) is 23.0 Å².